The van der Waals surface area contributed by atoms with E-state index in [2.05, 4.69) is 24.8 Å². The van der Waals surface area contributed by atoms with Gasteiger partial charge < -0.3 is 9.80 Å². The number of nitriles is 1. The van der Waals surface area contributed by atoms with Gasteiger partial charge in [0.2, 0.25) is 5.78 Å². The van der Waals surface area contributed by atoms with E-state index in [1.54, 1.807) is 37.2 Å². The largest absolute Gasteiger partial charge is 0.382 e. The third-order valence-corrected chi connectivity index (χ3v) is 8.90. The molecular weight excluding hydrogens is 484 g/mol. The summed E-state index contributed by atoms with van der Waals surface area (Å²) in [6, 6.07) is 17.1. The lowest BCUT2D eigenvalue weighted by molar-refractivity contribution is 0.103. The SMILES string of the molecule is Cc1ccc(S(O)(O)n2c(C(=O)C(C#N)=CN(C)C)cc3cc(C4CCN(C(C)C)CC4)ccc32)cc1. The molecule has 2 heterocycles. The topological polar surface area (TPSA) is 92.7 Å². The molecule has 2 aromatic carbocycles. The van der Waals surface area contributed by atoms with Gasteiger partial charge in [0.15, 0.2) is 0 Å². The Bertz CT molecular complexity index is 1360. The zero-order valence-electron chi connectivity index (χ0n) is 22.2. The van der Waals surface area contributed by atoms with Gasteiger partial charge >= 0.3 is 0 Å². The number of Topliss-reactive ketones (excluding diaryl/α,β-unsaturated/α-hetero) is 1. The van der Waals surface area contributed by atoms with Crippen molar-refractivity contribution in [1.29, 1.82) is 5.26 Å². The molecule has 7 nitrogen and oxygen atoms in total. The summed E-state index contributed by atoms with van der Waals surface area (Å²) in [5.74, 6) is -0.144. The summed E-state index contributed by atoms with van der Waals surface area (Å²) in [5.41, 5.74) is 2.73. The Hall–Kier alpha value is -3.09. The molecule has 8 heteroatoms. The monoisotopic (exact) mass is 520 g/mol. The quantitative estimate of drug-likeness (QED) is 0.217. The van der Waals surface area contributed by atoms with Gasteiger partial charge in [-0.3, -0.25) is 13.9 Å². The van der Waals surface area contributed by atoms with Gasteiger partial charge in [0.1, 0.15) is 17.3 Å². The Balaban J connectivity index is 1.84. The number of benzene rings is 2. The molecule has 0 saturated carbocycles. The van der Waals surface area contributed by atoms with Gasteiger partial charge in [-0.2, -0.15) is 5.26 Å². The minimum Gasteiger partial charge on any atom is -0.382 e. The van der Waals surface area contributed by atoms with E-state index in [1.165, 1.54) is 15.7 Å². The van der Waals surface area contributed by atoms with Gasteiger partial charge in [-0.1, -0.05) is 34.5 Å². The van der Waals surface area contributed by atoms with Crippen molar-refractivity contribution in [2.75, 3.05) is 27.2 Å². The Labute approximate surface area is 221 Å². The predicted octanol–water partition coefficient (Wildman–Crippen LogP) is 6.26. The number of carbonyl (C=O) groups is 1. The highest BCUT2D eigenvalue weighted by molar-refractivity contribution is 8.23. The summed E-state index contributed by atoms with van der Waals surface area (Å²) >= 11 is 0. The summed E-state index contributed by atoms with van der Waals surface area (Å²) in [7, 11) is -0.134. The fraction of sp³-hybridized carbons (Fsp3) is 0.379. The fourth-order valence-corrected chi connectivity index (χ4v) is 6.57. The average molecular weight is 521 g/mol. The number of hydrogen-bond acceptors (Lipinski definition) is 6. The predicted molar refractivity (Wildman–Crippen MR) is 150 cm³/mol. The van der Waals surface area contributed by atoms with Crippen molar-refractivity contribution in [2.45, 2.75) is 50.5 Å². The molecule has 0 radical (unpaired) electrons. The summed E-state index contributed by atoms with van der Waals surface area (Å²) in [6.45, 7) is 8.45. The number of nitrogens with zero attached hydrogens (tertiary/aromatic N) is 4. The lowest BCUT2D eigenvalue weighted by Crippen LogP contribution is -2.37. The summed E-state index contributed by atoms with van der Waals surface area (Å²) in [5, 5.41) is 10.5. The number of ketones is 1. The normalized spacial score (nSPS) is 16.2. The highest BCUT2D eigenvalue weighted by Gasteiger charge is 2.30. The van der Waals surface area contributed by atoms with Crippen LogP contribution in [0, 0.1) is 18.3 Å². The van der Waals surface area contributed by atoms with Crippen molar-refractivity contribution in [2.24, 2.45) is 0 Å². The number of fused-ring (bicyclic) bond motifs is 1. The first-order valence-electron chi connectivity index (χ1n) is 12.6. The number of piperidine rings is 1. The number of carbonyl (C=O) groups excluding carboxylic acids is 1. The maximum absolute atomic E-state index is 13.6. The van der Waals surface area contributed by atoms with Crippen LogP contribution in [0.1, 0.15) is 54.2 Å². The lowest BCUT2D eigenvalue weighted by atomic mass is 9.88. The Morgan fingerprint density at radius 3 is 2.32 bits per heavy atom. The lowest BCUT2D eigenvalue weighted by Gasteiger charge is -2.36. The molecule has 3 aromatic rings. The standard InChI is InChI=1S/C29H36N4O3S/c1-20(2)32-14-12-22(13-15-32)23-8-11-27-24(16-23)17-28(29(34)25(18-30)19-31(4)5)33(27)37(35,36)26-9-6-21(3)7-10-26/h6-11,16-17,19-20,22,35-36H,12-15H2,1-5H3. The molecule has 196 valence electrons. The van der Waals surface area contributed by atoms with Crippen molar-refractivity contribution in [1.82, 2.24) is 13.8 Å². The molecule has 1 fully saturated rings. The molecule has 0 amide bonds. The van der Waals surface area contributed by atoms with Crippen LogP contribution in [0.4, 0.5) is 0 Å². The number of allylic oxidation sites excluding steroid dienone is 1. The van der Waals surface area contributed by atoms with E-state index < -0.39 is 16.6 Å². The Morgan fingerprint density at radius 1 is 1.11 bits per heavy atom. The number of aromatic nitrogens is 1. The molecule has 2 N–H and O–H groups in total. The minimum atomic E-state index is -3.60. The zero-order chi connectivity index (χ0) is 26.9. The molecule has 0 unspecified atom stereocenters. The number of rotatable bonds is 7. The second kappa shape index (κ2) is 10.7. The molecule has 0 atom stereocenters. The summed E-state index contributed by atoms with van der Waals surface area (Å²) in [4.78, 5) is 18.0. The van der Waals surface area contributed by atoms with Crippen molar-refractivity contribution in [3.8, 4) is 6.07 Å². The van der Waals surface area contributed by atoms with Gasteiger partial charge in [-0.15, -0.1) is 0 Å². The van der Waals surface area contributed by atoms with Crippen molar-refractivity contribution in [3.05, 3.63) is 77.1 Å². The van der Waals surface area contributed by atoms with Gasteiger partial charge in [0, 0.05) is 31.7 Å². The smallest absolute Gasteiger partial charge is 0.223 e. The number of aryl methyl sites for hydroxylation is 1. The molecule has 37 heavy (non-hydrogen) atoms. The molecular formula is C29H36N4O3S. The fourth-order valence-electron chi connectivity index (χ4n) is 5.01. The van der Waals surface area contributed by atoms with Gasteiger partial charge in [-0.25, -0.2) is 3.97 Å². The van der Waals surface area contributed by atoms with Crippen LogP contribution in [0.3, 0.4) is 0 Å². The second-order valence-electron chi connectivity index (χ2n) is 10.3. The maximum atomic E-state index is 13.6. The van der Waals surface area contributed by atoms with Gasteiger partial charge in [0.05, 0.1) is 10.4 Å². The minimum absolute atomic E-state index is 0.0746. The van der Waals surface area contributed by atoms with Crippen LogP contribution in [0.5, 0.6) is 0 Å². The first kappa shape index (κ1) is 27.0. The molecule has 1 aliphatic rings. The average Bonchev–Trinajstić information content (AvgIpc) is 3.26. The van der Waals surface area contributed by atoms with Crippen LogP contribution in [-0.4, -0.2) is 61.9 Å². The van der Waals surface area contributed by atoms with Crippen LogP contribution in [0.15, 0.2) is 65.2 Å². The van der Waals surface area contributed by atoms with Gasteiger partial charge in [-0.05, 0) is 88.5 Å². The van der Waals surface area contributed by atoms with E-state index in [9.17, 15) is 19.2 Å². The van der Waals surface area contributed by atoms with E-state index >= 15 is 0 Å². The highest BCUT2D eigenvalue weighted by Crippen LogP contribution is 2.53. The van der Waals surface area contributed by atoms with Crippen LogP contribution in [0.25, 0.3) is 10.9 Å². The molecule has 1 aliphatic heterocycles. The van der Waals surface area contributed by atoms with E-state index in [0.29, 0.717) is 22.4 Å². The first-order chi connectivity index (χ1) is 17.5. The van der Waals surface area contributed by atoms with Crippen molar-refractivity contribution >= 4 is 27.5 Å². The summed E-state index contributed by atoms with van der Waals surface area (Å²) < 4.78 is 24.4. The molecule has 1 saturated heterocycles. The first-order valence-corrected chi connectivity index (χ1v) is 14.1. The van der Waals surface area contributed by atoms with E-state index in [0.717, 1.165) is 36.9 Å². The summed E-state index contributed by atoms with van der Waals surface area (Å²) in [6.07, 6.45) is 3.56. The maximum Gasteiger partial charge on any atom is 0.223 e. The van der Waals surface area contributed by atoms with E-state index in [1.807, 2.05) is 37.3 Å². The van der Waals surface area contributed by atoms with Crippen molar-refractivity contribution < 1.29 is 13.9 Å². The van der Waals surface area contributed by atoms with E-state index in [4.69, 9.17) is 0 Å². The van der Waals surface area contributed by atoms with Crippen LogP contribution < -0.4 is 0 Å². The molecule has 1 aromatic heterocycles. The van der Waals surface area contributed by atoms with Crippen LogP contribution in [0.2, 0.25) is 0 Å². The zero-order valence-corrected chi connectivity index (χ0v) is 23.0. The molecule has 0 spiro atoms. The third kappa shape index (κ3) is 5.46. The molecule has 4 rings (SSSR count). The Morgan fingerprint density at radius 2 is 1.76 bits per heavy atom. The van der Waals surface area contributed by atoms with Crippen molar-refractivity contribution in [3.63, 3.8) is 0 Å². The number of likely N-dealkylation sites (tertiary alicyclic amines) is 1. The Kier molecular flexibility index (Phi) is 7.81. The van der Waals surface area contributed by atoms with E-state index in [-0.39, 0.29) is 11.3 Å². The molecule has 0 bridgehead atoms. The van der Waals surface area contributed by atoms with Gasteiger partial charge in [0.25, 0.3) is 0 Å². The van der Waals surface area contributed by atoms with Crippen LogP contribution in [-0.2, 0) is 0 Å². The second-order valence-corrected chi connectivity index (χ2v) is 12.2. The van der Waals surface area contributed by atoms with Crippen LogP contribution >= 0.6 is 10.8 Å². The highest BCUT2D eigenvalue weighted by atomic mass is 32.3. The molecule has 0 aliphatic carbocycles. The number of hydrogen-bond donors (Lipinski definition) is 2. The third-order valence-electron chi connectivity index (χ3n) is 7.09.